The lowest BCUT2D eigenvalue weighted by atomic mass is 10.00. The molecule has 0 aromatic carbocycles. The number of hydrogen-bond acceptors (Lipinski definition) is 4. The van der Waals surface area contributed by atoms with E-state index >= 15 is 0 Å². The van der Waals surface area contributed by atoms with E-state index in [1.54, 1.807) is 4.90 Å². The van der Waals surface area contributed by atoms with E-state index in [4.69, 9.17) is 0 Å². The third-order valence-electron chi connectivity index (χ3n) is 4.27. The van der Waals surface area contributed by atoms with Crippen LogP contribution in [0.4, 0.5) is 0 Å². The van der Waals surface area contributed by atoms with Crippen LogP contribution in [0.1, 0.15) is 32.6 Å². The van der Waals surface area contributed by atoms with E-state index in [1.807, 2.05) is 6.92 Å². The first-order valence-electron chi connectivity index (χ1n) is 7.59. The van der Waals surface area contributed by atoms with Gasteiger partial charge in [-0.25, -0.2) is 0 Å². The number of halogens is 1. The first-order valence-corrected chi connectivity index (χ1v) is 7.59. The summed E-state index contributed by atoms with van der Waals surface area (Å²) >= 11 is 0. The van der Waals surface area contributed by atoms with E-state index < -0.39 is 6.10 Å². The van der Waals surface area contributed by atoms with Crippen LogP contribution in [-0.2, 0) is 9.59 Å². The molecule has 2 amide bonds. The van der Waals surface area contributed by atoms with Gasteiger partial charge >= 0.3 is 0 Å². The maximum absolute atomic E-state index is 12.3. The van der Waals surface area contributed by atoms with E-state index in [9.17, 15) is 14.7 Å². The summed E-state index contributed by atoms with van der Waals surface area (Å²) in [6.07, 6.45) is 2.74. The SMILES string of the molecule is CCC(=O)N1CCCCC1C(=O)NCC1CNCC1O.Cl. The van der Waals surface area contributed by atoms with Crippen LogP contribution in [0.2, 0.25) is 0 Å². The number of likely N-dealkylation sites (tertiary alicyclic amines) is 1. The fourth-order valence-corrected chi connectivity index (χ4v) is 2.98. The quantitative estimate of drug-likeness (QED) is 0.675. The molecule has 0 saturated carbocycles. The van der Waals surface area contributed by atoms with Crippen molar-refractivity contribution in [2.24, 2.45) is 5.92 Å². The number of β-amino-alcohol motifs (C(OH)–C–C–N with tert-alkyl or cyclic N) is 1. The number of piperidine rings is 1. The summed E-state index contributed by atoms with van der Waals surface area (Å²) in [4.78, 5) is 25.9. The molecule has 2 saturated heterocycles. The highest BCUT2D eigenvalue weighted by atomic mass is 35.5. The van der Waals surface area contributed by atoms with Crippen LogP contribution in [0.3, 0.4) is 0 Å². The molecule has 0 spiro atoms. The Morgan fingerprint density at radius 2 is 2.10 bits per heavy atom. The zero-order chi connectivity index (χ0) is 14.5. The Morgan fingerprint density at radius 3 is 2.71 bits per heavy atom. The first kappa shape index (κ1) is 18.2. The number of nitrogens with zero attached hydrogens (tertiary/aromatic N) is 1. The van der Waals surface area contributed by atoms with E-state index in [0.29, 0.717) is 26.1 Å². The lowest BCUT2D eigenvalue weighted by molar-refractivity contribution is -0.142. The molecule has 0 radical (unpaired) electrons. The highest BCUT2D eigenvalue weighted by Gasteiger charge is 2.32. The second kappa shape index (κ2) is 8.56. The minimum Gasteiger partial charge on any atom is -0.391 e. The highest BCUT2D eigenvalue weighted by molar-refractivity contribution is 5.87. The van der Waals surface area contributed by atoms with Crippen molar-refractivity contribution in [2.75, 3.05) is 26.2 Å². The van der Waals surface area contributed by atoms with Crippen LogP contribution in [0, 0.1) is 5.92 Å². The van der Waals surface area contributed by atoms with Crippen LogP contribution in [0.5, 0.6) is 0 Å². The topological polar surface area (TPSA) is 81.7 Å². The van der Waals surface area contributed by atoms with Crippen LogP contribution < -0.4 is 10.6 Å². The number of nitrogens with one attached hydrogen (secondary N) is 2. The first-order chi connectivity index (χ1) is 9.63. The standard InChI is InChI=1S/C14H25N3O3.ClH/c1-2-13(19)17-6-4-3-5-11(17)14(20)16-8-10-7-15-9-12(10)18;/h10-12,15,18H,2-9H2,1H3,(H,16,20);1H. The molecule has 0 aliphatic carbocycles. The summed E-state index contributed by atoms with van der Waals surface area (Å²) in [6.45, 7) is 4.29. The summed E-state index contributed by atoms with van der Waals surface area (Å²) in [5.41, 5.74) is 0. The normalized spacial score (nSPS) is 28.9. The van der Waals surface area contributed by atoms with Crippen molar-refractivity contribution in [2.45, 2.75) is 44.8 Å². The van der Waals surface area contributed by atoms with Crippen LogP contribution in [-0.4, -0.2) is 60.1 Å². The lowest BCUT2D eigenvalue weighted by Crippen LogP contribution is -2.52. The predicted octanol–water partition coefficient (Wildman–Crippen LogP) is -0.104. The molecule has 3 unspecified atom stereocenters. The molecule has 0 aromatic rings. The van der Waals surface area contributed by atoms with Gasteiger partial charge in [0.15, 0.2) is 0 Å². The molecule has 3 N–H and O–H groups in total. The van der Waals surface area contributed by atoms with Gasteiger partial charge in [0.1, 0.15) is 6.04 Å². The molecule has 2 aliphatic rings. The molecule has 2 heterocycles. The van der Waals surface area contributed by atoms with E-state index in [0.717, 1.165) is 25.8 Å². The zero-order valence-electron chi connectivity index (χ0n) is 12.5. The molecule has 0 bridgehead atoms. The average Bonchev–Trinajstić information content (AvgIpc) is 2.89. The predicted molar refractivity (Wildman–Crippen MR) is 82.3 cm³/mol. The number of hydrogen-bond donors (Lipinski definition) is 3. The third kappa shape index (κ3) is 4.56. The molecule has 122 valence electrons. The van der Waals surface area contributed by atoms with Crippen LogP contribution in [0.15, 0.2) is 0 Å². The lowest BCUT2D eigenvalue weighted by Gasteiger charge is -2.34. The smallest absolute Gasteiger partial charge is 0.242 e. The van der Waals surface area contributed by atoms with Gasteiger partial charge < -0.3 is 20.6 Å². The Kier molecular flexibility index (Phi) is 7.42. The number of rotatable bonds is 4. The summed E-state index contributed by atoms with van der Waals surface area (Å²) in [6, 6.07) is -0.331. The van der Waals surface area contributed by atoms with Crippen LogP contribution >= 0.6 is 12.4 Å². The summed E-state index contributed by atoms with van der Waals surface area (Å²) in [7, 11) is 0. The second-order valence-electron chi connectivity index (χ2n) is 5.68. The van der Waals surface area contributed by atoms with Crippen molar-refractivity contribution in [3.05, 3.63) is 0 Å². The summed E-state index contributed by atoms with van der Waals surface area (Å²) in [5.74, 6) is 0.0379. The van der Waals surface area contributed by atoms with E-state index in [1.165, 1.54) is 0 Å². The van der Waals surface area contributed by atoms with Crippen molar-refractivity contribution < 1.29 is 14.7 Å². The van der Waals surface area contributed by atoms with Crippen molar-refractivity contribution in [3.8, 4) is 0 Å². The van der Waals surface area contributed by atoms with Gasteiger partial charge in [-0.3, -0.25) is 9.59 Å². The van der Waals surface area contributed by atoms with Gasteiger partial charge in [-0.15, -0.1) is 12.4 Å². The number of aliphatic hydroxyl groups excluding tert-OH is 1. The molecule has 0 aromatic heterocycles. The maximum Gasteiger partial charge on any atom is 0.242 e. The average molecular weight is 320 g/mol. The van der Waals surface area contributed by atoms with Crippen molar-refractivity contribution >= 4 is 24.2 Å². The molecule has 2 rings (SSSR count). The minimum absolute atomic E-state index is 0. The monoisotopic (exact) mass is 319 g/mol. The largest absolute Gasteiger partial charge is 0.391 e. The molecule has 6 nitrogen and oxygen atoms in total. The molecule has 2 fully saturated rings. The molecule has 21 heavy (non-hydrogen) atoms. The number of carbonyl (C=O) groups excluding carboxylic acids is 2. The fraction of sp³-hybridized carbons (Fsp3) is 0.857. The number of amides is 2. The molecule has 3 atom stereocenters. The van der Waals surface area contributed by atoms with E-state index in [2.05, 4.69) is 10.6 Å². The number of carbonyl (C=O) groups is 2. The zero-order valence-corrected chi connectivity index (χ0v) is 13.3. The molecular weight excluding hydrogens is 294 g/mol. The molecule has 7 heteroatoms. The highest BCUT2D eigenvalue weighted by Crippen LogP contribution is 2.18. The van der Waals surface area contributed by atoms with Gasteiger partial charge in [-0.1, -0.05) is 6.92 Å². The van der Waals surface area contributed by atoms with Crippen molar-refractivity contribution in [1.82, 2.24) is 15.5 Å². The van der Waals surface area contributed by atoms with Gasteiger partial charge in [0.2, 0.25) is 11.8 Å². The van der Waals surface area contributed by atoms with Crippen molar-refractivity contribution in [3.63, 3.8) is 0 Å². The summed E-state index contributed by atoms with van der Waals surface area (Å²) < 4.78 is 0. The van der Waals surface area contributed by atoms with Gasteiger partial charge in [0.25, 0.3) is 0 Å². The Balaban J connectivity index is 0.00000220. The fourth-order valence-electron chi connectivity index (χ4n) is 2.98. The number of aliphatic hydroxyl groups is 1. The Labute approximate surface area is 132 Å². The van der Waals surface area contributed by atoms with Gasteiger partial charge in [0, 0.05) is 38.5 Å². The van der Waals surface area contributed by atoms with Crippen LogP contribution in [0.25, 0.3) is 0 Å². The van der Waals surface area contributed by atoms with Gasteiger partial charge in [-0.05, 0) is 19.3 Å². The summed E-state index contributed by atoms with van der Waals surface area (Å²) in [5, 5.41) is 15.7. The Morgan fingerprint density at radius 1 is 1.33 bits per heavy atom. The minimum atomic E-state index is -0.393. The molecular formula is C14H26ClN3O3. The molecule has 2 aliphatic heterocycles. The van der Waals surface area contributed by atoms with Gasteiger partial charge in [-0.2, -0.15) is 0 Å². The third-order valence-corrected chi connectivity index (χ3v) is 4.27. The van der Waals surface area contributed by atoms with Gasteiger partial charge in [0.05, 0.1) is 6.10 Å². The Bertz CT molecular complexity index is 367. The van der Waals surface area contributed by atoms with E-state index in [-0.39, 0.29) is 36.2 Å². The maximum atomic E-state index is 12.3. The Hall–Kier alpha value is -0.850. The van der Waals surface area contributed by atoms with Crippen molar-refractivity contribution in [1.29, 1.82) is 0 Å². The second-order valence-corrected chi connectivity index (χ2v) is 5.68.